The fraction of sp³-hybridized carbons (Fsp3) is 0.500. The molecule has 2 heteroatoms. The smallest absolute Gasteiger partial charge is 0.186 e. The highest BCUT2D eigenvalue weighted by atomic mass is 16.5. The third kappa shape index (κ3) is 2.55. The maximum atomic E-state index is 8.36. The first-order chi connectivity index (χ1) is 4.68. The monoisotopic (exact) mass is 138 g/mol. The summed E-state index contributed by atoms with van der Waals surface area (Å²) >= 11 is 0. The van der Waals surface area contributed by atoms with E-state index in [9.17, 15) is 0 Å². The molecule has 0 saturated carbocycles. The molecule has 0 aliphatic carbocycles. The normalized spacial score (nSPS) is 10.0. The summed E-state index contributed by atoms with van der Waals surface area (Å²) in [5.74, 6) is 4.59. The van der Waals surface area contributed by atoms with Crippen LogP contribution in [0.2, 0.25) is 0 Å². The molecule has 1 N–H and O–H groups in total. The first kappa shape index (κ1) is 9.04. The van der Waals surface area contributed by atoms with Gasteiger partial charge in [-0.1, -0.05) is 11.8 Å². The lowest BCUT2D eigenvalue weighted by molar-refractivity contribution is 0.0300. The number of aliphatic hydroxyl groups is 1. The number of hydrogen-bond donors (Lipinski definition) is 1. The topological polar surface area (TPSA) is 29.5 Å². The molecule has 0 fully saturated rings. The van der Waals surface area contributed by atoms with Crippen molar-refractivity contribution < 1.29 is 9.84 Å². The first-order valence-corrected chi connectivity index (χ1v) is 2.89. The van der Waals surface area contributed by atoms with Crippen LogP contribution in [0.15, 0.2) is 0 Å². The van der Waals surface area contributed by atoms with Gasteiger partial charge in [-0.05, 0) is 6.92 Å². The Kier molecular flexibility index (Phi) is 3.57. The highest BCUT2D eigenvalue weighted by molar-refractivity contribution is 5.22. The highest BCUT2D eigenvalue weighted by Crippen LogP contribution is 2.05. The van der Waals surface area contributed by atoms with Crippen LogP contribution in [0.5, 0.6) is 0 Å². The van der Waals surface area contributed by atoms with Crippen LogP contribution in [0.25, 0.3) is 0 Å². The predicted octanol–water partition coefficient (Wildman–Crippen LogP) is 0.0204. The lowest BCUT2D eigenvalue weighted by Gasteiger charge is -2.15. The Balaban J connectivity index is 3.88. The van der Waals surface area contributed by atoms with Gasteiger partial charge in [0.1, 0.15) is 0 Å². The van der Waals surface area contributed by atoms with Crippen molar-refractivity contribution >= 4 is 0 Å². The molecule has 0 aliphatic heterocycles. The largest absolute Gasteiger partial charge is 0.394 e. The number of terminal acetylenes is 2. The van der Waals surface area contributed by atoms with Crippen LogP contribution < -0.4 is 0 Å². The minimum atomic E-state index is -0.970. The lowest BCUT2D eigenvalue weighted by Crippen LogP contribution is -2.25. The van der Waals surface area contributed by atoms with Gasteiger partial charge in [0.25, 0.3) is 0 Å². The Morgan fingerprint density at radius 3 is 2.30 bits per heavy atom. The highest BCUT2D eigenvalue weighted by Gasteiger charge is 2.16. The van der Waals surface area contributed by atoms with Crippen LogP contribution in [-0.2, 0) is 4.74 Å². The molecule has 0 aromatic heterocycles. The molecule has 0 spiro atoms. The average molecular weight is 138 g/mol. The Bertz CT molecular complexity index is 157. The number of aliphatic hydroxyl groups excluding tert-OH is 1. The fourth-order valence-electron chi connectivity index (χ4n) is 0.375. The van der Waals surface area contributed by atoms with E-state index in [0.29, 0.717) is 0 Å². The van der Waals surface area contributed by atoms with Gasteiger partial charge in [-0.2, -0.15) is 0 Å². The molecular weight excluding hydrogens is 128 g/mol. The van der Waals surface area contributed by atoms with Crippen molar-refractivity contribution in [3.05, 3.63) is 0 Å². The molecule has 10 heavy (non-hydrogen) atoms. The maximum absolute atomic E-state index is 8.36. The predicted molar refractivity (Wildman–Crippen MR) is 39.1 cm³/mol. The fourth-order valence-corrected chi connectivity index (χ4v) is 0.375. The van der Waals surface area contributed by atoms with E-state index in [1.807, 2.05) is 0 Å². The zero-order chi connectivity index (χ0) is 8.04. The van der Waals surface area contributed by atoms with E-state index < -0.39 is 5.60 Å². The third-order valence-corrected chi connectivity index (χ3v) is 1.03. The molecule has 0 atom stereocenters. The summed E-state index contributed by atoms with van der Waals surface area (Å²) < 4.78 is 4.95. The quantitative estimate of drug-likeness (QED) is 0.557. The Morgan fingerprint density at radius 1 is 1.50 bits per heavy atom. The molecule has 0 aromatic rings. The SMILES string of the molecule is C#CC(C)(C#C)OCCO. The van der Waals surface area contributed by atoms with Crippen LogP contribution in [0.4, 0.5) is 0 Å². The molecule has 0 saturated heterocycles. The Morgan fingerprint density at radius 2 is 2.00 bits per heavy atom. The summed E-state index contributed by atoms with van der Waals surface area (Å²) in [6.45, 7) is 1.70. The van der Waals surface area contributed by atoms with Crippen molar-refractivity contribution in [2.45, 2.75) is 12.5 Å². The van der Waals surface area contributed by atoms with E-state index >= 15 is 0 Å². The molecular formula is C8H10O2. The van der Waals surface area contributed by atoms with Crippen molar-refractivity contribution in [2.75, 3.05) is 13.2 Å². The second-order valence-corrected chi connectivity index (χ2v) is 1.89. The number of rotatable bonds is 3. The Hall–Kier alpha value is -0.960. The van der Waals surface area contributed by atoms with Crippen LogP contribution in [0, 0.1) is 24.7 Å². The summed E-state index contributed by atoms with van der Waals surface area (Å²) in [5.41, 5.74) is -0.970. The van der Waals surface area contributed by atoms with E-state index in [1.54, 1.807) is 6.92 Å². The second kappa shape index (κ2) is 3.95. The van der Waals surface area contributed by atoms with E-state index in [-0.39, 0.29) is 13.2 Å². The molecule has 0 aromatic carbocycles. The van der Waals surface area contributed by atoms with Gasteiger partial charge in [-0.15, -0.1) is 12.8 Å². The van der Waals surface area contributed by atoms with Crippen LogP contribution in [-0.4, -0.2) is 23.9 Å². The van der Waals surface area contributed by atoms with E-state index in [4.69, 9.17) is 22.7 Å². The molecule has 0 rings (SSSR count). The third-order valence-electron chi connectivity index (χ3n) is 1.03. The van der Waals surface area contributed by atoms with Crippen LogP contribution in [0.3, 0.4) is 0 Å². The van der Waals surface area contributed by atoms with Crippen LogP contribution in [0.1, 0.15) is 6.92 Å². The summed E-state index contributed by atoms with van der Waals surface area (Å²) in [6.07, 6.45) is 10.1. The lowest BCUT2D eigenvalue weighted by atomic mass is 10.1. The van der Waals surface area contributed by atoms with Crippen molar-refractivity contribution in [1.29, 1.82) is 0 Å². The molecule has 2 nitrogen and oxygen atoms in total. The Labute approximate surface area is 61.2 Å². The first-order valence-electron chi connectivity index (χ1n) is 2.89. The number of hydrogen-bond acceptors (Lipinski definition) is 2. The molecule has 0 radical (unpaired) electrons. The van der Waals surface area contributed by atoms with Gasteiger partial charge < -0.3 is 9.84 Å². The zero-order valence-corrected chi connectivity index (χ0v) is 5.92. The van der Waals surface area contributed by atoms with Crippen LogP contribution >= 0.6 is 0 Å². The van der Waals surface area contributed by atoms with E-state index in [0.717, 1.165) is 0 Å². The van der Waals surface area contributed by atoms with Gasteiger partial charge >= 0.3 is 0 Å². The van der Waals surface area contributed by atoms with Gasteiger partial charge in [0.2, 0.25) is 0 Å². The van der Waals surface area contributed by atoms with Gasteiger partial charge in [0, 0.05) is 0 Å². The van der Waals surface area contributed by atoms with Gasteiger partial charge in [0.05, 0.1) is 13.2 Å². The molecule has 0 amide bonds. The minimum absolute atomic E-state index is 0.0705. The molecule has 0 heterocycles. The minimum Gasteiger partial charge on any atom is -0.394 e. The molecule has 0 aliphatic rings. The van der Waals surface area contributed by atoms with Crippen molar-refractivity contribution in [1.82, 2.24) is 0 Å². The molecule has 54 valence electrons. The summed E-state index contributed by atoms with van der Waals surface area (Å²) in [5, 5.41) is 8.36. The van der Waals surface area contributed by atoms with Gasteiger partial charge in [-0.3, -0.25) is 0 Å². The maximum Gasteiger partial charge on any atom is 0.186 e. The van der Waals surface area contributed by atoms with Gasteiger partial charge in [0.15, 0.2) is 5.60 Å². The summed E-state index contributed by atoms with van der Waals surface area (Å²) in [7, 11) is 0. The second-order valence-electron chi connectivity index (χ2n) is 1.89. The van der Waals surface area contributed by atoms with Crippen molar-refractivity contribution in [3.63, 3.8) is 0 Å². The van der Waals surface area contributed by atoms with E-state index in [1.165, 1.54) is 0 Å². The molecule has 0 bridgehead atoms. The van der Waals surface area contributed by atoms with E-state index in [2.05, 4.69) is 11.8 Å². The summed E-state index contributed by atoms with van der Waals surface area (Å²) in [6, 6.07) is 0. The average Bonchev–Trinajstić information content (AvgIpc) is 2.00. The van der Waals surface area contributed by atoms with Crippen molar-refractivity contribution in [3.8, 4) is 24.7 Å². The number of ether oxygens (including phenoxy) is 1. The van der Waals surface area contributed by atoms with Crippen molar-refractivity contribution in [2.24, 2.45) is 0 Å². The zero-order valence-electron chi connectivity index (χ0n) is 5.92. The summed E-state index contributed by atoms with van der Waals surface area (Å²) in [4.78, 5) is 0. The standard InChI is InChI=1S/C8H10O2/c1-4-8(3,5-2)10-7-6-9/h1-2,9H,6-7H2,3H3. The molecule has 0 unspecified atom stereocenters. The van der Waals surface area contributed by atoms with Gasteiger partial charge in [-0.25, -0.2) is 0 Å².